The molecule has 0 heterocycles. The summed E-state index contributed by atoms with van der Waals surface area (Å²) in [5.74, 6) is -0.761. The maximum atomic E-state index is 12.2. The van der Waals surface area contributed by atoms with Crippen molar-refractivity contribution < 1.29 is 27.8 Å². The number of carbonyl (C=O) groups excluding carboxylic acids is 1. The molecule has 0 aromatic heterocycles. The Balaban J connectivity index is 2.75. The molecule has 0 aliphatic carbocycles. The normalized spacial score (nSPS) is 11.2. The highest BCUT2D eigenvalue weighted by molar-refractivity contribution is 5.89. The first-order valence-electron chi connectivity index (χ1n) is 4.40. The molecule has 1 N–H and O–H groups in total. The van der Waals surface area contributed by atoms with Gasteiger partial charge >= 0.3 is 12.1 Å². The Labute approximate surface area is 89.5 Å². The van der Waals surface area contributed by atoms with Gasteiger partial charge in [-0.25, -0.2) is 4.79 Å². The van der Waals surface area contributed by atoms with Crippen LogP contribution in [-0.2, 0) is 10.9 Å². The molecule has 0 saturated heterocycles. The molecule has 1 aromatic carbocycles. The number of halogens is 3. The van der Waals surface area contributed by atoms with Gasteiger partial charge in [0.25, 0.3) is 0 Å². The Morgan fingerprint density at radius 3 is 2.25 bits per heavy atom. The number of hydrogen-bond acceptors (Lipinski definition) is 3. The molecule has 6 heteroatoms. The Hall–Kier alpha value is -1.56. The average Bonchev–Trinajstić information content (AvgIpc) is 2.25. The first-order chi connectivity index (χ1) is 7.45. The van der Waals surface area contributed by atoms with Crippen molar-refractivity contribution in [1.82, 2.24) is 0 Å². The Morgan fingerprint density at radius 1 is 1.25 bits per heavy atom. The van der Waals surface area contributed by atoms with Gasteiger partial charge in [-0.15, -0.1) is 0 Å². The summed E-state index contributed by atoms with van der Waals surface area (Å²) in [6, 6.07) is 3.66. The van der Waals surface area contributed by atoms with Crippen molar-refractivity contribution in [2.24, 2.45) is 0 Å². The molecule has 0 atom stereocenters. The molecular weight excluding hydrogens is 225 g/mol. The molecule has 0 fully saturated rings. The number of alkyl halides is 3. The van der Waals surface area contributed by atoms with Crippen LogP contribution < -0.4 is 0 Å². The topological polar surface area (TPSA) is 46.5 Å². The number of esters is 1. The highest BCUT2D eigenvalue weighted by Gasteiger charge is 2.30. The van der Waals surface area contributed by atoms with Gasteiger partial charge in [0.15, 0.2) is 0 Å². The van der Waals surface area contributed by atoms with Crippen LogP contribution in [0.3, 0.4) is 0 Å². The fourth-order valence-electron chi connectivity index (χ4n) is 1.02. The molecule has 0 bridgehead atoms. The van der Waals surface area contributed by atoms with E-state index in [-0.39, 0.29) is 18.8 Å². The Morgan fingerprint density at radius 2 is 1.81 bits per heavy atom. The van der Waals surface area contributed by atoms with Gasteiger partial charge < -0.3 is 9.84 Å². The maximum Gasteiger partial charge on any atom is 0.416 e. The lowest BCUT2D eigenvalue weighted by molar-refractivity contribution is -0.137. The monoisotopic (exact) mass is 234 g/mol. The van der Waals surface area contributed by atoms with Crippen molar-refractivity contribution in [2.75, 3.05) is 13.2 Å². The minimum atomic E-state index is -4.42. The summed E-state index contributed by atoms with van der Waals surface area (Å²) in [5, 5.41) is 8.39. The predicted molar refractivity (Wildman–Crippen MR) is 48.8 cm³/mol. The van der Waals surface area contributed by atoms with E-state index < -0.39 is 17.7 Å². The summed E-state index contributed by atoms with van der Waals surface area (Å²) in [4.78, 5) is 11.1. The van der Waals surface area contributed by atoms with Crippen LogP contribution in [0, 0.1) is 0 Å². The van der Waals surface area contributed by atoms with E-state index in [1.165, 1.54) is 0 Å². The molecule has 3 nitrogen and oxygen atoms in total. The van der Waals surface area contributed by atoms with Crippen LogP contribution in [-0.4, -0.2) is 24.3 Å². The van der Waals surface area contributed by atoms with Crippen LogP contribution in [0.15, 0.2) is 24.3 Å². The van der Waals surface area contributed by atoms with Crippen molar-refractivity contribution in [3.63, 3.8) is 0 Å². The lowest BCUT2D eigenvalue weighted by Gasteiger charge is -2.07. The second-order valence-electron chi connectivity index (χ2n) is 2.93. The van der Waals surface area contributed by atoms with Crippen LogP contribution in [0.2, 0.25) is 0 Å². The minimum Gasteiger partial charge on any atom is -0.460 e. The van der Waals surface area contributed by atoms with Crippen LogP contribution >= 0.6 is 0 Å². The molecule has 0 aliphatic heterocycles. The highest BCUT2D eigenvalue weighted by atomic mass is 19.4. The van der Waals surface area contributed by atoms with Gasteiger partial charge in [-0.3, -0.25) is 0 Å². The van der Waals surface area contributed by atoms with Gasteiger partial charge in [0.05, 0.1) is 17.7 Å². The molecule has 1 aromatic rings. The second-order valence-corrected chi connectivity index (χ2v) is 2.93. The lowest BCUT2D eigenvalue weighted by atomic mass is 10.1. The van der Waals surface area contributed by atoms with E-state index >= 15 is 0 Å². The Bertz CT molecular complexity index is 357. The van der Waals surface area contributed by atoms with Crippen molar-refractivity contribution in [3.8, 4) is 0 Å². The number of aliphatic hydroxyl groups is 1. The van der Waals surface area contributed by atoms with E-state index in [0.717, 1.165) is 24.3 Å². The minimum absolute atomic E-state index is 0.0152. The number of rotatable bonds is 3. The van der Waals surface area contributed by atoms with Gasteiger partial charge in [-0.1, -0.05) is 0 Å². The summed E-state index contributed by atoms with van der Waals surface area (Å²) >= 11 is 0. The van der Waals surface area contributed by atoms with Crippen molar-refractivity contribution in [1.29, 1.82) is 0 Å². The SMILES string of the molecule is O=C(OCCO)c1ccc(C(F)(F)F)cc1. The van der Waals surface area contributed by atoms with Crippen molar-refractivity contribution in [2.45, 2.75) is 6.18 Å². The van der Waals surface area contributed by atoms with Gasteiger partial charge in [0, 0.05) is 0 Å². The largest absolute Gasteiger partial charge is 0.460 e. The number of benzene rings is 1. The van der Waals surface area contributed by atoms with E-state index in [4.69, 9.17) is 5.11 Å². The second kappa shape index (κ2) is 4.98. The molecule has 0 saturated carbocycles. The molecule has 88 valence electrons. The van der Waals surface area contributed by atoms with Gasteiger partial charge in [0.2, 0.25) is 0 Å². The zero-order valence-electron chi connectivity index (χ0n) is 8.12. The third-order valence-corrected chi connectivity index (χ3v) is 1.77. The third-order valence-electron chi connectivity index (χ3n) is 1.77. The molecular formula is C10H9F3O3. The zero-order chi connectivity index (χ0) is 12.2. The first kappa shape index (κ1) is 12.5. The number of carbonyl (C=O) groups is 1. The summed E-state index contributed by atoms with van der Waals surface area (Å²) in [6.07, 6.45) is -4.42. The quantitative estimate of drug-likeness (QED) is 0.812. The summed E-state index contributed by atoms with van der Waals surface area (Å²) in [7, 11) is 0. The predicted octanol–water partition coefficient (Wildman–Crippen LogP) is 1.85. The molecule has 16 heavy (non-hydrogen) atoms. The lowest BCUT2D eigenvalue weighted by Crippen LogP contribution is -2.10. The molecule has 0 amide bonds. The standard InChI is InChI=1S/C10H9F3O3/c11-10(12,13)8-3-1-7(2-4-8)9(15)16-6-5-14/h1-4,14H,5-6H2. The molecule has 0 radical (unpaired) electrons. The summed E-state index contributed by atoms with van der Waals surface area (Å²) in [6.45, 7) is -0.508. The van der Waals surface area contributed by atoms with Crippen LogP contribution in [0.5, 0.6) is 0 Å². The molecule has 0 spiro atoms. The van der Waals surface area contributed by atoms with Crippen LogP contribution in [0.4, 0.5) is 13.2 Å². The third kappa shape index (κ3) is 3.23. The zero-order valence-corrected chi connectivity index (χ0v) is 8.12. The first-order valence-corrected chi connectivity index (χ1v) is 4.40. The summed E-state index contributed by atoms with van der Waals surface area (Å²) in [5.41, 5.74) is -0.812. The van der Waals surface area contributed by atoms with E-state index in [0.29, 0.717) is 0 Å². The van der Waals surface area contributed by atoms with E-state index in [2.05, 4.69) is 4.74 Å². The van der Waals surface area contributed by atoms with Crippen molar-refractivity contribution >= 4 is 5.97 Å². The number of aliphatic hydroxyl groups excluding tert-OH is 1. The van der Waals surface area contributed by atoms with E-state index in [9.17, 15) is 18.0 Å². The number of hydrogen-bond donors (Lipinski definition) is 1. The highest BCUT2D eigenvalue weighted by Crippen LogP contribution is 2.29. The van der Waals surface area contributed by atoms with Crippen LogP contribution in [0.25, 0.3) is 0 Å². The van der Waals surface area contributed by atoms with Gasteiger partial charge in [-0.2, -0.15) is 13.2 Å². The fourth-order valence-corrected chi connectivity index (χ4v) is 1.02. The summed E-state index contributed by atoms with van der Waals surface area (Å²) < 4.78 is 41.1. The average molecular weight is 234 g/mol. The van der Waals surface area contributed by atoms with Crippen LogP contribution in [0.1, 0.15) is 15.9 Å². The molecule has 0 aliphatic rings. The molecule has 0 unspecified atom stereocenters. The molecule has 1 rings (SSSR count). The van der Waals surface area contributed by atoms with E-state index in [1.54, 1.807) is 0 Å². The number of ether oxygens (including phenoxy) is 1. The smallest absolute Gasteiger partial charge is 0.416 e. The van der Waals surface area contributed by atoms with Gasteiger partial charge in [0.1, 0.15) is 6.61 Å². The maximum absolute atomic E-state index is 12.2. The van der Waals surface area contributed by atoms with Crippen molar-refractivity contribution in [3.05, 3.63) is 35.4 Å². The Kier molecular flexibility index (Phi) is 3.89. The van der Waals surface area contributed by atoms with E-state index in [1.807, 2.05) is 0 Å². The van der Waals surface area contributed by atoms with Gasteiger partial charge in [-0.05, 0) is 24.3 Å². The fraction of sp³-hybridized carbons (Fsp3) is 0.300.